The molecule has 0 spiro atoms. The third kappa shape index (κ3) is 2.58. The van der Waals surface area contributed by atoms with E-state index in [1.165, 1.54) is 11.9 Å². The van der Waals surface area contributed by atoms with Gasteiger partial charge in [-0.2, -0.15) is 0 Å². The molecule has 1 amide bonds. The second-order valence-electron chi connectivity index (χ2n) is 4.71. The Morgan fingerprint density at radius 3 is 3.10 bits per heavy atom. The van der Waals surface area contributed by atoms with Gasteiger partial charge in [0.2, 0.25) is 5.91 Å². The number of nitrogens with zero attached hydrogens (tertiary/aromatic N) is 5. The van der Waals surface area contributed by atoms with Crippen molar-refractivity contribution in [1.82, 2.24) is 20.2 Å². The van der Waals surface area contributed by atoms with E-state index in [1.54, 1.807) is 4.68 Å². The predicted molar refractivity (Wildman–Crippen MR) is 77.3 cm³/mol. The number of aromatic nitrogens is 4. The number of benzene rings is 1. The van der Waals surface area contributed by atoms with Crippen LogP contribution >= 0.6 is 15.9 Å². The number of hydrogen-bond donors (Lipinski definition) is 0. The average molecular weight is 336 g/mol. The maximum absolute atomic E-state index is 12.4. The first-order valence-electron chi connectivity index (χ1n) is 6.54. The first-order valence-corrected chi connectivity index (χ1v) is 7.33. The fraction of sp³-hybridized carbons (Fsp3) is 0.385. The van der Waals surface area contributed by atoms with E-state index < -0.39 is 0 Å². The van der Waals surface area contributed by atoms with E-state index in [0.717, 1.165) is 29.5 Å². The third-order valence-corrected chi connectivity index (χ3v) is 4.18. The molecule has 20 heavy (non-hydrogen) atoms. The van der Waals surface area contributed by atoms with Crippen molar-refractivity contribution in [2.75, 3.05) is 11.4 Å². The van der Waals surface area contributed by atoms with E-state index in [4.69, 9.17) is 0 Å². The van der Waals surface area contributed by atoms with Crippen molar-refractivity contribution in [3.8, 4) is 0 Å². The maximum atomic E-state index is 12.4. The van der Waals surface area contributed by atoms with Crippen LogP contribution < -0.4 is 4.90 Å². The maximum Gasteiger partial charge on any atom is 0.228 e. The summed E-state index contributed by atoms with van der Waals surface area (Å²) in [6, 6.07) is 6.00. The van der Waals surface area contributed by atoms with Gasteiger partial charge in [-0.15, -0.1) is 5.10 Å². The third-order valence-electron chi connectivity index (χ3n) is 3.44. The summed E-state index contributed by atoms with van der Waals surface area (Å²) in [5.74, 6) is 0.111. The number of halogens is 1. The van der Waals surface area contributed by atoms with Gasteiger partial charge in [0.15, 0.2) is 0 Å². The highest BCUT2D eigenvalue weighted by atomic mass is 79.9. The van der Waals surface area contributed by atoms with Crippen LogP contribution in [0.4, 0.5) is 5.69 Å². The molecule has 0 unspecified atom stereocenters. The number of carbonyl (C=O) groups excluding carboxylic acids is 1. The molecule has 0 N–H and O–H groups in total. The normalized spacial score (nSPS) is 14.2. The molecule has 2 heterocycles. The zero-order valence-corrected chi connectivity index (χ0v) is 12.5. The number of aryl methyl sites for hydroxylation is 1. The Morgan fingerprint density at radius 2 is 2.30 bits per heavy atom. The molecule has 1 aliphatic heterocycles. The highest BCUT2D eigenvalue weighted by Gasteiger charge is 2.23. The second-order valence-corrected chi connectivity index (χ2v) is 5.56. The Bertz CT molecular complexity index is 613. The van der Waals surface area contributed by atoms with Gasteiger partial charge in [0.1, 0.15) is 6.33 Å². The van der Waals surface area contributed by atoms with Gasteiger partial charge < -0.3 is 4.90 Å². The molecule has 0 saturated carbocycles. The van der Waals surface area contributed by atoms with Gasteiger partial charge in [-0.05, 0) is 41.0 Å². The van der Waals surface area contributed by atoms with Crippen LogP contribution in [0.1, 0.15) is 18.4 Å². The van der Waals surface area contributed by atoms with E-state index in [2.05, 4.69) is 31.5 Å². The summed E-state index contributed by atoms with van der Waals surface area (Å²) in [6.45, 7) is 1.28. The molecule has 0 saturated heterocycles. The minimum Gasteiger partial charge on any atom is -0.312 e. The summed E-state index contributed by atoms with van der Waals surface area (Å²) in [5, 5.41) is 10.9. The summed E-state index contributed by atoms with van der Waals surface area (Å²) in [5.41, 5.74) is 2.24. The summed E-state index contributed by atoms with van der Waals surface area (Å²) in [7, 11) is 0. The number of hydrogen-bond acceptors (Lipinski definition) is 4. The lowest BCUT2D eigenvalue weighted by Gasteiger charge is -2.30. The average Bonchev–Trinajstić information content (AvgIpc) is 2.98. The number of carbonyl (C=O) groups is 1. The van der Waals surface area contributed by atoms with Gasteiger partial charge in [-0.25, -0.2) is 4.68 Å². The van der Waals surface area contributed by atoms with Gasteiger partial charge in [0, 0.05) is 23.1 Å². The molecule has 0 bridgehead atoms. The molecule has 0 radical (unpaired) electrons. The molecule has 7 heteroatoms. The van der Waals surface area contributed by atoms with Gasteiger partial charge >= 0.3 is 0 Å². The Hall–Kier alpha value is -1.76. The number of fused-ring (bicyclic) bond motifs is 1. The topological polar surface area (TPSA) is 63.9 Å². The Kier molecular flexibility index (Phi) is 3.77. The number of amides is 1. The Balaban J connectivity index is 1.75. The fourth-order valence-corrected chi connectivity index (χ4v) is 3.02. The summed E-state index contributed by atoms with van der Waals surface area (Å²) in [6.07, 6.45) is 3.92. The molecule has 2 aromatic rings. The van der Waals surface area contributed by atoms with Gasteiger partial charge in [-0.1, -0.05) is 22.0 Å². The quantitative estimate of drug-likeness (QED) is 0.858. The monoisotopic (exact) mass is 335 g/mol. The van der Waals surface area contributed by atoms with E-state index in [1.807, 2.05) is 23.1 Å². The van der Waals surface area contributed by atoms with E-state index in [9.17, 15) is 4.79 Å². The van der Waals surface area contributed by atoms with Crippen LogP contribution in [0.25, 0.3) is 0 Å². The van der Waals surface area contributed by atoms with Crippen molar-refractivity contribution in [3.05, 3.63) is 34.6 Å². The van der Waals surface area contributed by atoms with E-state index >= 15 is 0 Å². The Morgan fingerprint density at radius 1 is 1.40 bits per heavy atom. The van der Waals surface area contributed by atoms with Gasteiger partial charge in [0.05, 0.1) is 6.54 Å². The minimum atomic E-state index is 0.111. The molecular weight excluding hydrogens is 322 g/mol. The molecule has 6 nitrogen and oxygen atoms in total. The first kappa shape index (κ1) is 13.2. The van der Waals surface area contributed by atoms with Crippen LogP contribution in [-0.4, -0.2) is 32.7 Å². The lowest BCUT2D eigenvalue weighted by molar-refractivity contribution is -0.119. The number of anilines is 1. The van der Waals surface area contributed by atoms with Crippen molar-refractivity contribution in [2.45, 2.75) is 25.8 Å². The molecule has 0 fully saturated rings. The molecule has 1 aromatic carbocycles. The van der Waals surface area contributed by atoms with Crippen LogP contribution in [0, 0.1) is 0 Å². The van der Waals surface area contributed by atoms with Crippen LogP contribution in [-0.2, 0) is 17.8 Å². The molecule has 0 aliphatic carbocycles. The van der Waals surface area contributed by atoms with Crippen LogP contribution in [0.15, 0.2) is 29.0 Å². The first-order chi connectivity index (χ1) is 9.75. The molecule has 0 atom stereocenters. The molecule has 3 rings (SSSR count). The standard InChI is InChI=1S/C13H14BrN5O/c14-11-4-1-5-12-10(11)3-2-7-19(12)13(20)6-8-18-9-15-16-17-18/h1,4-5,9H,2-3,6-8H2. The molecule has 1 aliphatic rings. The van der Waals surface area contributed by atoms with Crippen molar-refractivity contribution in [3.63, 3.8) is 0 Å². The van der Waals surface area contributed by atoms with Gasteiger partial charge in [0.25, 0.3) is 0 Å². The molecule has 1 aromatic heterocycles. The molecule has 104 valence electrons. The summed E-state index contributed by atoms with van der Waals surface area (Å²) in [4.78, 5) is 14.3. The minimum absolute atomic E-state index is 0.111. The van der Waals surface area contributed by atoms with Crippen molar-refractivity contribution in [1.29, 1.82) is 0 Å². The molecular formula is C13H14BrN5O. The Labute approximate surface area is 124 Å². The number of rotatable bonds is 3. The van der Waals surface area contributed by atoms with Crippen LogP contribution in [0.2, 0.25) is 0 Å². The zero-order valence-electron chi connectivity index (χ0n) is 10.9. The fourth-order valence-electron chi connectivity index (χ4n) is 2.47. The lowest BCUT2D eigenvalue weighted by atomic mass is 10.0. The summed E-state index contributed by atoms with van der Waals surface area (Å²) >= 11 is 3.56. The van der Waals surface area contributed by atoms with Crippen molar-refractivity contribution in [2.24, 2.45) is 0 Å². The highest BCUT2D eigenvalue weighted by molar-refractivity contribution is 9.10. The largest absolute Gasteiger partial charge is 0.312 e. The SMILES string of the molecule is O=C(CCn1cnnn1)N1CCCc2c(Br)cccc21. The summed E-state index contributed by atoms with van der Waals surface area (Å²) < 4.78 is 2.65. The van der Waals surface area contributed by atoms with Crippen LogP contribution in [0.5, 0.6) is 0 Å². The predicted octanol–water partition coefficient (Wildman–Crippen LogP) is 1.81. The zero-order chi connectivity index (χ0) is 13.9. The lowest BCUT2D eigenvalue weighted by Crippen LogP contribution is -2.36. The van der Waals surface area contributed by atoms with E-state index in [0.29, 0.717) is 13.0 Å². The van der Waals surface area contributed by atoms with Crippen molar-refractivity contribution < 1.29 is 4.79 Å². The second kappa shape index (κ2) is 5.70. The van der Waals surface area contributed by atoms with Gasteiger partial charge in [-0.3, -0.25) is 4.79 Å². The van der Waals surface area contributed by atoms with Crippen molar-refractivity contribution >= 4 is 27.5 Å². The van der Waals surface area contributed by atoms with Crippen LogP contribution in [0.3, 0.4) is 0 Å². The smallest absolute Gasteiger partial charge is 0.228 e. The number of tetrazole rings is 1. The highest BCUT2D eigenvalue weighted by Crippen LogP contribution is 2.32. The van der Waals surface area contributed by atoms with E-state index in [-0.39, 0.29) is 5.91 Å².